The molecule has 0 saturated heterocycles. The molecular formula is C23H23N3OS. The molecule has 0 aliphatic heterocycles. The molecule has 0 aliphatic carbocycles. The molecule has 0 aromatic heterocycles. The van der Waals surface area contributed by atoms with E-state index in [9.17, 15) is 4.79 Å². The van der Waals surface area contributed by atoms with Gasteiger partial charge in [-0.2, -0.15) is 0 Å². The van der Waals surface area contributed by atoms with E-state index >= 15 is 0 Å². The molecule has 0 aliphatic rings. The molecule has 1 amide bonds. The molecule has 1 atom stereocenters. The first-order valence-corrected chi connectivity index (χ1v) is 9.48. The van der Waals surface area contributed by atoms with Crippen LogP contribution in [-0.4, -0.2) is 11.0 Å². The van der Waals surface area contributed by atoms with Crippen molar-refractivity contribution >= 4 is 28.9 Å². The van der Waals surface area contributed by atoms with Crippen LogP contribution in [0.4, 0.5) is 5.69 Å². The maximum absolute atomic E-state index is 11.6. The van der Waals surface area contributed by atoms with E-state index < -0.39 is 5.91 Å². The van der Waals surface area contributed by atoms with E-state index in [1.54, 1.807) is 12.1 Å². The first-order chi connectivity index (χ1) is 13.4. The zero-order valence-electron chi connectivity index (χ0n) is 15.9. The molecule has 0 saturated carbocycles. The molecule has 0 spiro atoms. The van der Waals surface area contributed by atoms with Gasteiger partial charge in [-0.1, -0.05) is 60.2 Å². The lowest BCUT2D eigenvalue weighted by Gasteiger charge is -2.18. The number of hydrogen-bond acceptors (Lipinski definition) is 2. The highest BCUT2D eigenvalue weighted by atomic mass is 32.1. The average molecular weight is 390 g/mol. The van der Waals surface area contributed by atoms with Crippen LogP contribution in [0.25, 0.3) is 11.1 Å². The third-order valence-corrected chi connectivity index (χ3v) is 4.79. The van der Waals surface area contributed by atoms with Crippen molar-refractivity contribution in [3.63, 3.8) is 0 Å². The van der Waals surface area contributed by atoms with Crippen LogP contribution in [0.2, 0.25) is 0 Å². The van der Waals surface area contributed by atoms with Gasteiger partial charge in [0.05, 0.1) is 6.04 Å². The topological polar surface area (TPSA) is 67.2 Å². The van der Waals surface area contributed by atoms with Gasteiger partial charge in [-0.15, -0.1) is 0 Å². The van der Waals surface area contributed by atoms with Crippen LogP contribution in [0.5, 0.6) is 0 Å². The van der Waals surface area contributed by atoms with E-state index in [2.05, 4.69) is 48.7 Å². The number of carbonyl (C=O) groups is 1. The van der Waals surface area contributed by atoms with Gasteiger partial charge in [0.15, 0.2) is 5.11 Å². The highest BCUT2D eigenvalue weighted by Gasteiger charge is 2.10. The van der Waals surface area contributed by atoms with E-state index in [0.29, 0.717) is 10.7 Å². The van der Waals surface area contributed by atoms with Gasteiger partial charge in [0.2, 0.25) is 5.91 Å². The van der Waals surface area contributed by atoms with Gasteiger partial charge in [-0.25, -0.2) is 0 Å². The molecule has 0 unspecified atom stereocenters. The second kappa shape index (κ2) is 8.67. The van der Waals surface area contributed by atoms with E-state index in [1.807, 2.05) is 36.4 Å². The average Bonchev–Trinajstić information content (AvgIpc) is 2.69. The summed E-state index contributed by atoms with van der Waals surface area (Å²) in [5.41, 5.74) is 11.0. The Morgan fingerprint density at radius 2 is 1.61 bits per heavy atom. The van der Waals surface area contributed by atoms with Crippen LogP contribution < -0.4 is 16.4 Å². The lowest BCUT2D eigenvalue weighted by atomic mass is 9.99. The van der Waals surface area contributed by atoms with Crippen LogP contribution >= 0.6 is 12.2 Å². The number of nitrogens with one attached hydrogen (secondary N) is 2. The number of rotatable bonds is 5. The van der Waals surface area contributed by atoms with E-state index in [-0.39, 0.29) is 6.04 Å². The molecule has 3 aromatic rings. The minimum atomic E-state index is -0.437. The lowest BCUT2D eigenvalue weighted by Crippen LogP contribution is -2.30. The van der Waals surface area contributed by atoms with Gasteiger partial charge in [0.1, 0.15) is 0 Å². The number of amides is 1. The summed E-state index contributed by atoms with van der Waals surface area (Å²) in [4.78, 5) is 11.6. The minimum absolute atomic E-state index is 0.0994. The lowest BCUT2D eigenvalue weighted by molar-refractivity contribution is 0.100. The van der Waals surface area contributed by atoms with Gasteiger partial charge in [-0.05, 0) is 61.0 Å². The molecule has 28 heavy (non-hydrogen) atoms. The van der Waals surface area contributed by atoms with Crippen LogP contribution in [0.15, 0.2) is 72.8 Å². The molecule has 5 heteroatoms. The van der Waals surface area contributed by atoms with Crippen molar-refractivity contribution in [3.8, 4) is 11.1 Å². The molecule has 0 heterocycles. The Kier molecular flexibility index (Phi) is 6.06. The summed E-state index contributed by atoms with van der Waals surface area (Å²) in [7, 11) is 0. The summed E-state index contributed by atoms with van der Waals surface area (Å²) in [5, 5.41) is 7.05. The molecular weight excluding hydrogens is 366 g/mol. The number of anilines is 1. The predicted molar refractivity (Wildman–Crippen MR) is 119 cm³/mol. The van der Waals surface area contributed by atoms with Gasteiger partial charge >= 0.3 is 0 Å². The summed E-state index contributed by atoms with van der Waals surface area (Å²) >= 11 is 5.44. The zero-order chi connectivity index (χ0) is 20.1. The van der Waals surface area contributed by atoms with Crippen molar-refractivity contribution in [2.75, 3.05) is 5.32 Å². The molecule has 0 radical (unpaired) electrons. The second-order valence-corrected chi connectivity index (χ2v) is 7.13. The zero-order valence-corrected chi connectivity index (χ0v) is 16.7. The molecule has 0 fully saturated rings. The van der Waals surface area contributed by atoms with Gasteiger partial charge < -0.3 is 16.4 Å². The molecule has 4 N–H and O–H groups in total. The largest absolute Gasteiger partial charge is 0.366 e. The van der Waals surface area contributed by atoms with Crippen molar-refractivity contribution < 1.29 is 4.79 Å². The smallest absolute Gasteiger partial charge is 0.249 e. The highest BCUT2D eigenvalue weighted by Crippen LogP contribution is 2.25. The Labute approximate surface area is 170 Å². The highest BCUT2D eigenvalue weighted by molar-refractivity contribution is 7.80. The molecule has 4 nitrogen and oxygen atoms in total. The normalized spacial score (nSPS) is 11.5. The Balaban J connectivity index is 1.66. The van der Waals surface area contributed by atoms with Crippen LogP contribution in [-0.2, 0) is 0 Å². The standard InChI is InChI=1S/C23H23N3OS/c1-15-7-9-17(10-8-15)16(2)25-23(28)26-19-13-11-18(12-14-19)20-5-3-4-6-21(20)22(24)27/h3-14,16H,1-2H3,(H2,24,27)(H2,25,26,28)/t16-/m1/s1. The van der Waals surface area contributed by atoms with Crippen LogP contribution in [0, 0.1) is 6.92 Å². The molecule has 3 aromatic carbocycles. The first-order valence-electron chi connectivity index (χ1n) is 9.07. The van der Waals surface area contributed by atoms with Crippen molar-refractivity contribution in [1.82, 2.24) is 5.32 Å². The second-order valence-electron chi connectivity index (χ2n) is 6.72. The number of carbonyl (C=O) groups excluding carboxylic acids is 1. The summed E-state index contributed by atoms with van der Waals surface area (Å²) < 4.78 is 0. The third kappa shape index (κ3) is 4.75. The van der Waals surface area contributed by atoms with Gasteiger partial charge in [-0.3, -0.25) is 4.79 Å². The van der Waals surface area contributed by atoms with Crippen LogP contribution in [0.3, 0.4) is 0 Å². The first kappa shape index (κ1) is 19.6. The molecule has 0 bridgehead atoms. The Morgan fingerprint density at radius 1 is 0.964 bits per heavy atom. The number of hydrogen-bond donors (Lipinski definition) is 3. The quantitative estimate of drug-likeness (QED) is 0.548. The summed E-state index contributed by atoms with van der Waals surface area (Å²) in [6, 6.07) is 23.5. The van der Waals surface area contributed by atoms with Crippen molar-refractivity contribution in [3.05, 3.63) is 89.5 Å². The molecule has 142 valence electrons. The Morgan fingerprint density at radius 3 is 2.25 bits per heavy atom. The third-order valence-electron chi connectivity index (χ3n) is 4.57. The number of benzene rings is 3. The van der Waals surface area contributed by atoms with Crippen molar-refractivity contribution in [2.24, 2.45) is 5.73 Å². The van der Waals surface area contributed by atoms with Gasteiger partial charge in [0, 0.05) is 11.3 Å². The molecule has 3 rings (SSSR count). The number of nitrogens with two attached hydrogens (primary N) is 1. The number of thiocarbonyl (C=S) groups is 1. The fraction of sp³-hybridized carbons (Fsp3) is 0.130. The van der Waals surface area contributed by atoms with Gasteiger partial charge in [0.25, 0.3) is 0 Å². The number of primary amides is 1. The van der Waals surface area contributed by atoms with Crippen molar-refractivity contribution in [1.29, 1.82) is 0 Å². The Bertz CT molecular complexity index is 981. The summed E-state index contributed by atoms with van der Waals surface area (Å²) in [6.07, 6.45) is 0. The minimum Gasteiger partial charge on any atom is -0.366 e. The van der Waals surface area contributed by atoms with Crippen LogP contribution in [0.1, 0.15) is 34.5 Å². The van der Waals surface area contributed by atoms with E-state index in [0.717, 1.165) is 16.8 Å². The fourth-order valence-corrected chi connectivity index (χ4v) is 3.28. The monoisotopic (exact) mass is 389 g/mol. The number of aryl methyl sites for hydroxylation is 1. The Hall–Kier alpha value is -3.18. The van der Waals surface area contributed by atoms with E-state index in [4.69, 9.17) is 18.0 Å². The predicted octanol–water partition coefficient (Wildman–Crippen LogP) is 4.81. The summed E-state index contributed by atoms with van der Waals surface area (Å²) in [5.74, 6) is -0.437. The fourth-order valence-electron chi connectivity index (χ4n) is 2.99. The van der Waals surface area contributed by atoms with E-state index in [1.165, 1.54) is 11.1 Å². The summed E-state index contributed by atoms with van der Waals surface area (Å²) in [6.45, 7) is 4.14. The maximum Gasteiger partial charge on any atom is 0.249 e. The SMILES string of the molecule is Cc1ccc([C@@H](C)NC(=S)Nc2ccc(-c3ccccc3C(N)=O)cc2)cc1. The maximum atomic E-state index is 11.6. The van der Waals surface area contributed by atoms with Crippen molar-refractivity contribution in [2.45, 2.75) is 19.9 Å².